The van der Waals surface area contributed by atoms with Crippen molar-refractivity contribution in [1.29, 1.82) is 0 Å². The van der Waals surface area contributed by atoms with Crippen molar-refractivity contribution in [3.05, 3.63) is 0 Å². The molecular weight excluding hydrogens is 365 g/mol. The van der Waals surface area contributed by atoms with Crippen molar-refractivity contribution >= 4 is 24.4 Å². The third-order valence-corrected chi connectivity index (χ3v) is 6.65. The number of rotatable bonds is 9. The molecule has 0 fully saturated rings. The first-order chi connectivity index (χ1) is 11.0. The van der Waals surface area contributed by atoms with E-state index in [4.69, 9.17) is 25.5 Å². The molecule has 0 radical (unpaired) electrons. The molecular formula is C17H35ClNO5P. The third-order valence-electron chi connectivity index (χ3n) is 3.38. The fourth-order valence-corrected chi connectivity index (χ4v) is 5.04. The molecule has 0 amide bonds. The van der Waals surface area contributed by atoms with Crippen LogP contribution in [0, 0.1) is 5.41 Å². The zero-order chi connectivity index (χ0) is 20.3. The minimum atomic E-state index is -3.57. The molecule has 0 saturated carbocycles. The van der Waals surface area contributed by atoms with Crippen LogP contribution in [0.4, 0.5) is 0 Å². The van der Waals surface area contributed by atoms with E-state index in [1.165, 1.54) is 0 Å². The highest BCUT2D eigenvalue weighted by Gasteiger charge is 2.53. The van der Waals surface area contributed by atoms with Gasteiger partial charge in [-0.1, -0.05) is 20.8 Å². The van der Waals surface area contributed by atoms with Crippen LogP contribution in [0.2, 0.25) is 0 Å². The van der Waals surface area contributed by atoms with Gasteiger partial charge in [0.15, 0.2) is 5.60 Å². The van der Waals surface area contributed by atoms with Crippen molar-refractivity contribution < 1.29 is 23.2 Å². The average molecular weight is 400 g/mol. The van der Waals surface area contributed by atoms with Crippen molar-refractivity contribution in [2.75, 3.05) is 13.2 Å². The van der Waals surface area contributed by atoms with E-state index in [1.54, 1.807) is 32.8 Å². The van der Waals surface area contributed by atoms with Gasteiger partial charge < -0.3 is 9.05 Å². The zero-order valence-electron chi connectivity index (χ0n) is 17.3. The Morgan fingerprint density at radius 1 is 1.00 bits per heavy atom. The summed E-state index contributed by atoms with van der Waals surface area (Å²) in [5.41, 5.74) is -2.41. The van der Waals surface area contributed by atoms with E-state index in [0.29, 0.717) is 0 Å². The summed E-state index contributed by atoms with van der Waals surface area (Å²) < 4.78 is 24.8. The Morgan fingerprint density at radius 2 is 1.40 bits per heavy atom. The minimum Gasteiger partial charge on any atom is -0.308 e. The summed E-state index contributed by atoms with van der Waals surface area (Å²) in [6.07, 6.45) is 0. The number of hydroxylamine groups is 2. The molecule has 0 aliphatic heterocycles. The fourth-order valence-electron chi connectivity index (χ4n) is 2.33. The number of hydrogen-bond donors (Lipinski definition) is 0. The second-order valence-electron chi connectivity index (χ2n) is 8.49. The monoisotopic (exact) mass is 399 g/mol. The predicted octanol–water partition coefficient (Wildman–Crippen LogP) is 5.20. The SMILES string of the molecule is CCOP(=O)(OCC)C(N(OC(C)(C)C(=O)Cl)C(C)(C)C)C(C)(C)C. The van der Waals surface area contributed by atoms with Gasteiger partial charge >= 0.3 is 7.60 Å². The van der Waals surface area contributed by atoms with Crippen LogP contribution in [0.1, 0.15) is 69.2 Å². The smallest absolute Gasteiger partial charge is 0.308 e. The molecule has 25 heavy (non-hydrogen) atoms. The first-order valence-electron chi connectivity index (χ1n) is 8.60. The maximum Gasteiger partial charge on any atom is 0.350 e. The summed E-state index contributed by atoms with van der Waals surface area (Å²) in [5.74, 6) is -0.741. The van der Waals surface area contributed by atoms with Crippen LogP contribution in [-0.4, -0.2) is 40.4 Å². The van der Waals surface area contributed by atoms with Crippen molar-refractivity contribution in [2.24, 2.45) is 5.41 Å². The van der Waals surface area contributed by atoms with Crippen molar-refractivity contribution in [1.82, 2.24) is 5.06 Å². The molecule has 0 bridgehead atoms. The van der Waals surface area contributed by atoms with Gasteiger partial charge in [-0.3, -0.25) is 14.2 Å². The Hall–Kier alpha value is 0.0300. The van der Waals surface area contributed by atoms with Crippen LogP contribution in [0.5, 0.6) is 0 Å². The Bertz CT molecular complexity index is 486. The number of hydrogen-bond acceptors (Lipinski definition) is 6. The Morgan fingerprint density at radius 3 is 1.64 bits per heavy atom. The molecule has 0 aromatic heterocycles. The molecule has 0 spiro atoms. The average Bonchev–Trinajstić information content (AvgIpc) is 2.35. The topological polar surface area (TPSA) is 65.1 Å². The Balaban J connectivity index is 6.32. The van der Waals surface area contributed by atoms with Crippen LogP contribution in [0.15, 0.2) is 0 Å². The lowest BCUT2D eigenvalue weighted by atomic mass is 9.94. The summed E-state index contributed by atoms with van der Waals surface area (Å²) in [5, 5.41) is 0.913. The molecule has 0 aromatic carbocycles. The normalized spacial score (nSPS) is 15.5. The lowest BCUT2D eigenvalue weighted by molar-refractivity contribution is -0.283. The van der Waals surface area contributed by atoms with Gasteiger partial charge in [0, 0.05) is 5.54 Å². The second-order valence-corrected chi connectivity index (χ2v) is 10.9. The standard InChI is InChI=1S/C17H35ClNO5P/c1-11-22-25(21,23-12-2)14(15(3,4)5)19(16(6,7)8)24-17(9,10)13(18)20/h14H,11-12H2,1-10H3. The van der Waals surface area contributed by atoms with Crippen LogP contribution < -0.4 is 0 Å². The molecule has 6 nitrogen and oxygen atoms in total. The molecule has 1 unspecified atom stereocenters. The summed E-state index contributed by atoms with van der Waals surface area (Å²) in [6, 6.07) is 0. The fraction of sp³-hybridized carbons (Fsp3) is 0.941. The van der Waals surface area contributed by atoms with E-state index < -0.39 is 35.2 Å². The largest absolute Gasteiger partial charge is 0.350 e. The highest BCUT2D eigenvalue weighted by molar-refractivity contribution is 7.54. The van der Waals surface area contributed by atoms with E-state index in [9.17, 15) is 9.36 Å². The predicted molar refractivity (Wildman–Crippen MR) is 102 cm³/mol. The second kappa shape index (κ2) is 8.81. The molecule has 0 aliphatic rings. The zero-order valence-corrected chi connectivity index (χ0v) is 19.0. The van der Waals surface area contributed by atoms with Crippen molar-refractivity contribution in [3.63, 3.8) is 0 Å². The number of nitrogens with zero attached hydrogens (tertiary/aromatic N) is 1. The molecule has 0 saturated heterocycles. The Kier molecular flexibility index (Phi) is 8.82. The number of halogens is 1. The van der Waals surface area contributed by atoms with Gasteiger partial charge in [0.25, 0.3) is 5.24 Å². The van der Waals surface area contributed by atoms with Gasteiger partial charge in [0.2, 0.25) is 0 Å². The third kappa shape index (κ3) is 6.93. The summed E-state index contributed by atoms with van der Waals surface area (Å²) >= 11 is 5.70. The first kappa shape index (κ1) is 25.0. The molecule has 0 aromatic rings. The molecule has 0 heterocycles. The van der Waals surface area contributed by atoms with Gasteiger partial charge in [-0.25, -0.2) is 0 Å². The molecule has 0 N–H and O–H groups in total. The summed E-state index contributed by atoms with van der Waals surface area (Å²) in [4.78, 5) is 17.8. The first-order valence-corrected chi connectivity index (χ1v) is 10.6. The number of carbonyl (C=O) groups excluding carboxylic acids is 1. The molecule has 0 rings (SSSR count). The van der Waals surface area contributed by atoms with E-state index in [0.717, 1.165) is 0 Å². The summed E-state index contributed by atoms with van der Waals surface area (Å²) in [6.45, 7) is 18.7. The van der Waals surface area contributed by atoms with E-state index in [2.05, 4.69) is 0 Å². The van der Waals surface area contributed by atoms with E-state index >= 15 is 0 Å². The molecule has 8 heteroatoms. The summed E-state index contributed by atoms with van der Waals surface area (Å²) in [7, 11) is -3.57. The Labute approximate surface area is 158 Å². The minimum absolute atomic E-state index is 0.236. The van der Waals surface area contributed by atoms with Crippen LogP contribution >= 0.6 is 19.2 Å². The molecule has 150 valence electrons. The molecule has 1 atom stereocenters. The van der Waals surface area contributed by atoms with Gasteiger partial charge in [0.05, 0.1) is 13.2 Å². The van der Waals surface area contributed by atoms with Gasteiger partial charge in [-0.2, -0.15) is 5.06 Å². The highest BCUT2D eigenvalue weighted by atomic mass is 35.5. The van der Waals surface area contributed by atoms with Crippen LogP contribution in [0.25, 0.3) is 0 Å². The lowest BCUT2D eigenvalue weighted by Crippen LogP contribution is -2.57. The van der Waals surface area contributed by atoms with Crippen LogP contribution in [-0.2, 0) is 23.2 Å². The van der Waals surface area contributed by atoms with Crippen LogP contribution in [0.3, 0.4) is 0 Å². The molecule has 0 aliphatic carbocycles. The number of carbonyl (C=O) groups is 1. The van der Waals surface area contributed by atoms with Gasteiger partial charge in [-0.05, 0) is 65.5 Å². The van der Waals surface area contributed by atoms with Crippen molar-refractivity contribution in [3.8, 4) is 0 Å². The maximum absolute atomic E-state index is 13.6. The van der Waals surface area contributed by atoms with Crippen molar-refractivity contribution in [2.45, 2.75) is 86.2 Å². The van der Waals surface area contributed by atoms with Gasteiger partial charge in [-0.15, -0.1) is 0 Å². The highest BCUT2D eigenvalue weighted by Crippen LogP contribution is 2.61. The van der Waals surface area contributed by atoms with E-state index in [1.807, 2.05) is 41.5 Å². The quantitative estimate of drug-likeness (QED) is 0.301. The maximum atomic E-state index is 13.6. The van der Waals surface area contributed by atoms with E-state index in [-0.39, 0.29) is 13.2 Å². The lowest BCUT2D eigenvalue weighted by Gasteiger charge is -2.49. The van der Waals surface area contributed by atoms with Gasteiger partial charge in [0.1, 0.15) is 5.78 Å².